The normalized spacial score (nSPS) is 18.2. The van der Waals surface area contributed by atoms with Crippen molar-refractivity contribution in [1.29, 1.82) is 0 Å². The van der Waals surface area contributed by atoms with Crippen LogP contribution in [0.25, 0.3) is 0 Å². The van der Waals surface area contributed by atoms with Gasteiger partial charge in [-0.2, -0.15) is 0 Å². The first-order chi connectivity index (χ1) is 6.86. The molecule has 1 aliphatic rings. The molecule has 1 saturated carbocycles. The van der Waals surface area contributed by atoms with Gasteiger partial charge in [-0.1, -0.05) is 12.8 Å². The molecule has 0 spiro atoms. The molecule has 1 aliphatic carbocycles. The van der Waals surface area contributed by atoms with Crippen molar-refractivity contribution in [1.82, 2.24) is 5.32 Å². The van der Waals surface area contributed by atoms with Crippen molar-refractivity contribution in [2.24, 2.45) is 0 Å². The fourth-order valence-electron chi connectivity index (χ4n) is 1.93. The molecule has 0 aliphatic heterocycles. The third-order valence-corrected chi connectivity index (χ3v) is 2.63. The summed E-state index contributed by atoms with van der Waals surface area (Å²) in [7, 11) is 0. The van der Waals surface area contributed by atoms with Crippen molar-refractivity contribution in [3.8, 4) is 0 Å². The predicted molar refractivity (Wildman–Crippen MR) is 57.3 cm³/mol. The third-order valence-electron chi connectivity index (χ3n) is 2.63. The highest BCUT2D eigenvalue weighted by atomic mass is 16.7. The van der Waals surface area contributed by atoms with Crippen LogP contribution < -0.4 is 5.32 Å². The van der Waals surface area contributed by atoms with Gasteiger partial charge in [-0.15, -0.1) is 0 Å². The Kier molecular flexibility index (Phi) is 6.15. The molecular formula is C11H23NO2. The summed E-state index contributed by atoms with van der Waals surface area (Å²) in [5.74, 6) is 0. The first-order valence-electron chi connectivity index (χ1n) is 5.83. The van der Waals surface area contributed by atoms with Crippen molar-refractivity contribution in [3.63, 3.8) is 0 Å². The standard InChI is InChI=1S/C11H23NO2/c1-3-13-11(14-4-2)9-12-10-7-5-6-8-10/h10-12H,3-9H2,1-2H3. The quantitative estimate of drug-likeness (QED) is 0.638. The summed E-state index contributed by atoms with van der Waals surface area (Å²) in [5, 5.41) is 3.50. The number of hydrogen-bond acceptors (Lipinski definition) is 3. The van der Waals surface area contributed by atoms with Crippen LogP contribution in [0.2, 0.25) is 0 Å². The Hall–Kier alpha value is -0.120. The molecule has 0 atom stereocenters. The van der Waals surface area contributed by atoms with E-state index in [4.69, 9.17) is 9.47 Å². The average molecular weight is 201 g/mol. The Balaban J connectivity index is 2.10. The van der Waals surface area contributed by atoms with Gasteiger partial charge in [-0.25, -0.2) is 0 Å². The fraction of sp³-hybridized carbons (Fsp3) is 1.00. The van der Waals surface area contributed by atoms with E-state index < -0.39 is 0 Å². The molecule has 1 N–H and O–H groups in total. The van der Waals surface area contributed by atoms with Gasteiger partial charge in [0.2, 0.25) is 0 Å². The van der Waals surface area contributed by atoms with Crippen LogP contribution in [0.15, 0.2) is 0 Å². The molecule has 0 radical (unpaired) electrons. The lowest BCUT2D eigenvalue weighted by Crippen LogP contribution is -2.36. The minimum Gasteiger partial charge on any atom is -0.352 e. The lowest BCUT2D eigenvalue weighted by atomic mass is 10.2. The highest BCUT2D eigenvalue weighted by molar-refractivity contribution is 4.73. The molecule has 1 rings (SSSR count). The summed E-state index contributed by atoms with van der Waals surface area (Å²) in [6.45, 7) is 6.27. The van der Waals surface area contributed by atoms with Gasteiger partial charge >= 0.3 is 0 Å². The van der Waals surface area contributed by atoms with Gasteiger partial charge in [0.15, 0.2) is 6.29 Å². The second kappa shape index (κ2) is 7.21. The van der Waals surface area contributed by atoms with E-state index in [0.717, 1.165) is 19.8 Å². The maximum absolute atomic E-state index is 5.46. The van der Waals surface area contributed by atoms with Gasteiger partial charge in [0.05, 0.1) is 0 Å². The topological polar surface area (TPSA) is 30.5 Å². The van der Waals surface area contributed by atoms with E-state index >= 15 is 0 Å². The summed E-state index contributed by atoms with van der Waals surface area (Å²) in [6, 6.07) is 0.693. The maximum atomic E-state index is 5.46. The minimum absolute atomic E-state index is 0.0643. The van der Waals surface area contributed by atoms with E-state index in [1.54, 1.807) is 0 Å². The van der Waals surface area contributed by atoms with Crippen molar-refractivity contribution in [2.45, 2.75) is 51.9 Å². The Bertz CT molecular complexity index is 129. The Labute approximate surface area is 87.2 Å². The summed E-state index contributed by atoms with van der Waals surface area (Å²) < 4.78 is 10.9. The van der Waals surface area contributed by atoms with E-state index in [-0.39, 0.29) is 6.29 Å². The molecule has 0 aromatic carbocycles. The fourth-order valence-corrected chi connectivity index (χ4v) is 1.93. The van der Waals surface area contributed by atoms with Crippen LogP contribution in [-0.2, 0) is 9.47 Å². The lowest BCUT2D eigenvalue weighted by Gasteiger charge is -2.20. The van der Waals surface area contributed by atoms with Gasteiger partial charge < -0.3 is 14.8 Å². The van der Waals surface area contributed by atoms with E-state index in [9.17, 15) is 0 Å². The Morgan fingerprint density at radius 3 is 2.21 bits per heavy atom. The zero-order valence-corrected chi connectivity index (χ0v) is 9.42. The monoisotopic (exact) mass is 201 g/mol. The van der Waals surface area contributed by atoms with Gasteiger partial charge in [-0.05, 0) is 26.7 Å². The van der Waals surface area contributed by atoms with Crippen LogP contribution in [0.4, 0.5) is 0 Å². The molecule has 0 bridgehead atoms. The molecule has 84 valence electrons. The molecule has 0 aromatic heterocycles. The summed E-state index contributed by atoms with van der Waals surface area (Å²) >= 11 is 0. The molecule has 0 amide bonds. The first kappa shape index (κ1) is 12.0. The van der Waals surface area contributed by atoms with Crippen LogP contribution in [0, 0.1) is 0 Å². The molecule has 14 heavy (non-hydrogen) atoms. The molecule has 1 fully saturated rings. The van der Waals surface area contributed by atoms with Gasteiger partial charge in [-0.3, -0.25) is 0 Å². The molecule has 0 aromatic rings. The predicted octanol–water partition coefficient (Wildman–Crippen LogP) is 1.92. The zero-order valence-electron chi connectivity index (χ0n) is 9.42. The van der Waals surface area contributed by atoms with Crippen LogP contribution in [-0.4, -0.2) is 32.1 Å². The molecule has 3 nitrogen and oxygen atoms in total. The molecule has 3 heteroatoms. The minimum atomic E-state index is -0.0643. The van der Waals surface area contributed by atoms with Crippen molar-refractivity contribution in [3.05, 3.63) is 0 Å². The Morgan fingerprint density at radius 2 is 1.71 bits per heavy atom. The number of ether oxygens (including phenoxy) is 2. The van der Waals surface area contributed by atoms with E-state index in [2.05, 4.69) is 5.32 Å². The zero-order chi connectivity index (χ0) is 10.2. The van der Waals surface area contributed by atoms with E-state index in [1.807, 2.05) is 13.8 Å². The molecule has 0 saturated heterocycles. The van der Waals surface area contributed by atoms with Crippen molar-refractivity contribution >= 4 is 0 Å². The first-order valence-corrected chi connectivity index (χ1v) is 5.83. The van der Waals surface area contributed by atoms with E-state index in [0.29, 0.717) is 6.04 Å². The van der Waals surface area contributed by atoms with Crippen LogP contribution in [0.1, 0.15) is 39.5 Å². The molecule has 0 unspecified atom stereocenters. The molecular weight excluding hydrogens is 178 g/mol. The highest BCUT2D eigenvalue weighted by Crippen LogP contribution is 2.17. The van der Waals surface area contributed by atoms with Crippen LogP contribution in [0.5, 0.6) is 0 Å². The second-order valence-electron chi connectivity index (χ2n) is 3.73. The van der Waals surface area contributed by atoms with Crippen LogP contribution >= 0.6 is 0 Å². The summed E-state index contributed by atoms with van der Waals surface area (Å²) in [5.41, 5.74) is 0. The summed E-state index contributed by atoms with van der Waals surface area (Å²) in [6.07, 6.45) is 5.29. The third kappa shape index (κ3) is 4.40. The van der Waals surface area contributed by atoms with Crippen molar-refractivity contribution < 1.29 is 9.47 Å². The number of hydrogen-bond donors (Lipinski definition) is 1. The largest absolute Gasteiger partial charge is 0.352 e. The van der Waals surface area contributed by atoms with Crippen molar-refractivity contribution in [2.75, 3.05) is 19.8 Å². The van der Waals surface area contributed by atoms with Gasteiger partial charge in [0, 0.05) is 25.8 Å². The Morgan fingerprint density at radius 1 is 1.14 bits per heavy atom. The smallest absolute Gasteiger partial charge is 0.169 e. The number of nitrogens with one attached hydrogen (secondary N) is 1. The second-order valence-corrected chi connectivity index (χ2v) is 3.73. The molecule has 0 heterocycles. The van der Waals surface area contributed by atoms with E-state index in [1.165, 1.54) is 25.7 Å². The number of rotatable bonds is 7. The summed E-state index contributed by atoms with van der Waals surface area (Å²) in [4.78, 5) is 0. The van der Waals surface area contributed by atoms with Gasteiger partial charge in [0.1, 0.15) is 0 Å². The van der Waals surface area contributed by atoms with Gasteiger partial charge in [0.25, 0.3) is 0 Å². The SMILES string of the molecule is CCOC(CNC1CCCC1)OCC. The maximum Gasteiger partial charge on any atom is 0.169 e. The highest BCUT2D eigenvalue weighted by Gasteiger charge is 2.16. The average Bonchev–Trinajstić information content (AvgIpc) is 2.67. The van der Waals surface area contributed by atoms with Crippen LogP contribution in [0.3, 0.4) is 0 Å². The lowest BCUT2D eigenvalue weighted by molar-refractivity contribution is -0.133.